The van der Waals surface area contributed by atoms with Gasteiger partial charge in [-0.2, -0.15) is 47.4 Å². The third-order valence-corrected chi connectivity index (χ3v) is 7.94. The Morgan fingerprint density at radius 3 is 1.34 bits per heavy atom. The SMILES string of the molecule is COc1cc(/C(C#N)=C\c2ccc(/C=C(\C#N)C(=O)OCC(F)(F)F)cc2)c(OCCOC(=O)C(C)Br)cc1/C(C#N)=C/c1ccc(/C=C(\C#N)C(=O)OCC(F)(F)F)cc1. The molecule has 1 atom stereocenters. The first-order valence-corrected chi connectivity index (χ1v) is 18.0. The molecule has 0 saturated heterocycles. The predicted molar refractivity (Wildman–Crippen MR) is 209 cm³/mol. The summed E-state index contributed by atoms with van der Waals surface area (Å²) in [6.07, 6.45) is -4.64. The number of hydrogen-bond acceptors (Lipinski definition) is 12. The Hall–Kier alpha value is -7.35. The second-order valence-electron chi connectivity index (χ2n) is 12.1. The maximum absolute atomic E-state index is 12.5. The third-order valence-electron chi connectivity index (χ3n) is 7.56. The normalized spacial score (nSPS) is 12.7. The van der Waals surface area contributed by atoms with Gasteiger partial charge in [-0.3, -0.25) is 4.79 Å². The molecular formula is C42H29BrF6N4O8. The number of ether oxygens (including phenoxy) is 5. The lowest BCUT2D eigenvalue weighted by molar-refractivity contribution is -0.183. The molecule has 12 nitrogen and oxygen atoms in total. The van der Waals surface area contributed by atoms with Crippen molar-refractivity contribution in [3.05, 3.63) is 105 Å². The molecule has 0 spiro atoms. The molecule has 3 rings (SSSR count). The zero-order chi connectivity index (χ0) is 45.3. The Morgan fingerprint density at radius 1 is 0.623 bits per heavy atom. The molecule has 0 N–H and O–H groups in total. The molecule has 0 fully saturated rings. The molecule has 0 amide bonds. The molecule has 0 aromatic heterocycles. The molecule has 0 aliphatic carbocycles. The summed E-state index contributed by atoms with van der Waals surface area (Å²) in [5, 5.41) is 39.1. The lowest BCUT2D eigenvalue weighted by Crippen LogP contribution is -2.20. The van der Waals surface area contributed by atoms with Crippen molar-refractivity contribution in [3.63, 3.8) is 0 Å². The molecule has 61 heavy (non-hydrogen) atoms. The molecule has 0 aliphatic rings. The fourth-order valence-corrected chi connectivity index (χ4v) is 4.92. The minimum Gasteiger partial charge on any atom is -0.496 e. The molecule has 0 heterocycles. The zero-order valence-corrected chi connectivity index (χ0v) is 33.3. The van der Waals surface area contributed by atoms with Crippen LogP contribution in [0.25, 0.3) is 35.5 Å². The van der Waals surface area contributed by atoms with E-state index in [1.54, 1.807) is 6.92 Å². The highest BCUT2D eigenvalue weighted by Crippen LogP contribution is 2.38. The number of halogens is 7. The molecule has 1 unspecified atom stereocenters. The number of alkyl halides is 7. The third kappa shape index (κ3) is 15.4. The van der Waals surface area contributed by atoms with E-state index in [0.717, 1.165) is 12.2 Å². The number of benzene rings is 3. The van der Waals surface area contributed by atoms with E-state index in [9.17, 15) is 61.8 Å². The van der Waals surface area contributed by atoms with Gasteiger partial charge in [0.15, 0.2) is 13.2 Å². The maximum atomic E-state index is 12.5. The lowest BCUT2D eigenvalue weighted by atomic mass is 9.96. The average Bonchev–Trinajstić information content (AvgIpc) is 3.22. The van der Waals surface area contributed by atoms with E-state index in [1.807, 2.05) is 0 Å². The Balaban J connectivity index is 2.04. The van der Waals surface area contributed by atoms with Gasteiger partial charge >= 0.3 is 30.3 Å². The number of carbonyl (C=O) groups is 3. The van der Waals surface area contributed by atoms with Crippen molar-refractivity contribution in [3.8, 4) is 35.8 Å². The quantitative estimate of drug-likeness (QED) is 0.0195. The number of nitrogens with zero attached hydrogens (tertiary/aromatic N) is 4. The first kappa shape index (κ1) is 48.0. The lowest BCUT2D eigenvalue weighted by Gasteiger charge is -2.16. The number of allylic oxidation sites excluding steroid dienone is 2. The summed E-state index contributed by atoms with van der Waals surface area (Å²) in [6, 6.07) is 21.7. The fraction of sp³-hybridized carbons (Fsp3) is 0.214. The largest absolute Gasteiger partial charge is 0.496 e. The Kier molecular flexibility index (Phi) is 17.4. The highest BCUT2D eigenvalue weighted by molar-refractivity contribution is 9.10. The molecule has 314 valence electrons. The van der Waals surface area contributed by atoms with Crippen molar-refractivity contribution in [1.29, 1.82) is 21.0 Å². The maximum Gasteiger partial charge on any atom is 0.422 e. The highest BCUT2D eigenvalue weighted by atomic mass is 79.9. The minimum atomic E-state index is -4.79. The van der Waals surface area contributed by atoms with Crippen molar-refractivity contribution in [2.45, 2.75) is 24.1 Å². The van der Waals surface area contributed by atoms with Gasteiger partial charge in [-0.25, -0.2) is 9.59 Å². The van der Waals surface area contributed by atoms with Gasteiger partial charge in [0.1, 0.15) is 52.8 Å². The summed E-state index contributed by atoms with van der Waals surface area (Å²) in [5.41, 5.74) is 0.355. The second-order valence-corrected chi connectivity index (χ2v) is 13.4. The number of hydrogen-bond donors (Lipinski definition) is 0. The van der Waals surface area contributed by atoms with Crippen LogP contribution in [0.3, 0.4) is 0 Å². The van der Waals surface area contributed by atoms with Crippen molar-refractivity contribution in [2.75, 3.05) is 33.5 Å². The number of methoxy groups -OCH3 is 1. The summed E-state index contributed by atoms with van der Waals surface area (Å²) in [7, 11) is 1.31. The van der Waals surface area contributed by atoms with Crippen LogP contribution in [0.2, 0.25) is 0 Å². The van der Waals surface area contributed by atoms with Crippen LogP contribution >= 0.6 is 15.9 Å². The molecular weight excluding hydrogens is 882 g/mol. The van der Waals surface area contributed by atoms with E-state index in [1.165, 1.54) is 92.1 Å². The number of esters is 3. The van der Waals surface area contributed by atoms with Crippen LogP contribution < -0.4 is 9.47 Å². The van der Waals surface area contributed by atoms with E-state index >= 15 is 0 Å². The molecule has 0 aliphatic heterocycles. The van der Waals surface area contributed by atoms with Crippen molar-refractivity contribution < 1.29 is 64.4 Å². The van der Waals surface area contributed by atoms with Gasteiger partial charge in [-0.05, 0) is 65.6 Å². The molecule has 0 saturated carbocycles. The van der Waals surface area contributed by atoms with E-state index in [2.05, 4.69) is 37.5 Å². The van der Waals surface area contributed by atoms with E-state index < -0.39 is 59.4 Å². The van der Waals surface area contributed by atoms with E-state index in [-0.39, 0.29) is 58.1 Å². The van der Waals surface area contributed by atoms with Gasteiger partial charge < -0.3 is 23.7 Å². The summed E-state index contributed by atoms with van der Waals surface area (Å²) in [6.45, 7) is -2.60. The van der Waals surface area contributed by atoms with Crippen molar-refractivity contribution in [1.82, 2.24) is 0 Å². The summed E-state index contributed by atoms with van der Waals surface area (Å²) >= 11 is 3.10. The standard InChI is InChI=1S/C42H29BrF6N4O8/c1-25(43)38(54)59-12-11-58-37-18-34(30(19-50)13-26-3-7-28(8-4-26)15-32(21-52)39(55)60-23-41(44,45)46)36(57-2)17-35(37)31(20-51)14-27-5-9-29(10-6-27)16-33(22-53)40(56)61-24-42(47,48)49/h3-10,13-18,25H,11-12,23-24H2,1-2H3/b30-13+,31-14-,32-15+,33-16+. The molecule has 3 aromatic carbocycles. The topological polar surface area (TPSA) is 193 Å². The van der Waals surface area contributed by atoms with Gasteiger partial charge in [0.05, 0.1) is 30.4 Å². The van der Waals surface area contributed by atoms with Crippen LogP contribution in [0.4, 0.5) is 26.3 Å². The molecule has 3 aromatic rings. The first-order chi connectivity index (χ1) is 28.8. The van der Waals surface area contributed by atoms with Crippen LogP contribution in [-0.4, -0.2) is 68.6 Å². The summed E-state index contributed by atoms with van der Waals surface area (Å²) in [4.78, 5) is 35.4. The predicted octanol–water partition coefficient (Wildman–Crippen LogP) is 8.55. The van der Waals surface area contributed by atoms with Crippen molar-refractivity contribution >= 4 is 69.3 Å². The van der Waals surface area contributed by atoms with Crippen LogP contribution in [0.15, 0.2) is 71.8 Å². The van der Waals surface area contributed by atoms with Gasteiger partial charge in [-0.1, -0.05) is 64.5 Å². The minimum absolute atomic E-state index is 0.00724. The number of nitriles is 4. The second kappa shape index (κ2) is 22.1. The van der Waals surface area contributed by atoms with Crippen LogP contribution in [0.1, 0.15) is 40.3 Å². The monoisotopic (exact) mass is 910 g/mol. The summed E-state index contributed by atoms with van der Waals surface area (Å²) in [5.74, 6) is -3.36. The van der Waals surface area contributed by atoms with E-state index in [4.69, 9.17) is 14.2 Å². The fourth-order valence-electron chi connectivity index (χ4n) is 4.79. The summed E-state index contributed by atoms with van der Waals surface area (Å²) < 4.78 is 99.8. The van der Waals surface area contributed by atoms with Gasteiger partial charge in [0.2, 0.25) is 0 Å². The smallest absolute Gasteiger partial charge is 0.422 e. The number of carbonyl (C=O) groups excluding carboxylic acids is 3. The average molecular weight is 912 g/mol. The highest BCUT2D eigenvalue weighted by Gasteiger charge is 2.31. The van der Waals surface area contributed by atoms with Crippen LogP contribution in [0.5, 0.6) is 11.5 Å². The first-order valence-electron chi connectivity index (χ1n) is 17.1. The van der Waals surface area contributed by atoms with Crippen LogP contribution in [0, 0.1) is 45.3 Å². The zero-order valence-electron chi connectivity index (χ0n) is 31.7. The van der Waals surface area contributed by atoms with Gasteiger partial charge in [0.25, 0.3) is 0 Å². The van der Waals surface area contributed by atoms with Gasteiger partial charge in [-0.15, -0.1) is 0 Å². The van der Waals surface area contributed by atoms with E-state index in [0.29, 0.717) is 11.1 Å². The van der Waals surface area contributed by atoms with Crippen LogP contribution in [-0.2, 0) is 28.6 Å². The Bertz CT molecular complexity index is 2410. The molecule has 0 radical (unpaired) electrons. The van der Waals surface area contributed by atoms with Crippen molar-refractivity contribution in [2.24, 2.45) is 0 Å². The van der Waals surface area contributed by atoms with Gasteiger partial charge in [0, 0.05) is 11.1 Å². The molecule has 0 bridgehead atoms. The molecule has 19 heteroatoms. The Labute approximate surface area is 352 Å². The Morgan fingerprint density at radius 2 is 1.00 bits per heavy atom. The number of rotatable bonds is 16.